The van der Waals surface area contributed by atoms with Crippen molar-refractivity contribution in [3.63, 3.8) is 0 Å². The first kappa shape index (κ1) is 78.1. The molecule has 0 aromatic rings. The van der Waals surface area contributed by atoms with Gasteiger partial charge in [0, 0.05) is 12.8 Å². The van der Waals surface area contributed by atoms with Crippen molar-refractivity contribution in [2.75, 3.05) is 13.2 Å². The van der Waals surface area contributed by atoms with Gasteiger partial charge in [0.05, 0.1) is 25.4 Å². The SMILES string of the molecule is CCCCC/C=C\C/C=C\CCCCCCCC(=O)OCCCCCCCCCCCCCCCCCCCCCCCCCCCCCCCCCCC(=O)NC(CO)C(O)/C=C/CCCCCCCCCCCCCCCC. The molecule has 3 N–H and O–H groups in total. The van der Waals surface area contributed by atoms with E-state index in [4.69, 9.17) is 4.74 Å². The van der Waals surface area contributed by atoms with E-state index in [0.717, 1.165) is 51.4 Å². The number of esters is 1. The lowest BCUT2D eigenvalue weighted by atomic mass is 10.0. The predicted octanol–water partition coefficient (Wildman–Crippen LogP) is 23.5. The van der Waals surface area contributed by atoms with Gasteiger partial charge in [-0.25, -0.2) is 0 Å². The fourth-order valence-electron chi connectivity index (χ4n) is 11.4. The van der Waals surface area contributed by atoms with Crippen molar-refractivity contribution < 1.29 is 24.5 Å². The zero-order valence-electron chi connectivity index (χ0n) is 54.1. The largest absolute Gasteiger partial charge is 0.466 e. The molecule has 2 unspecified atom stereocenters. The first-order chi connectivity index (χ1) is 39.5. The van der Waals surface area contributed by atoms with Crippen LogP contribution in [0.2, 0.25) is 0 Å². The second-order valence-electron chi connectivity index (χ2n) is 24.9. The third-order valence-corrected chi connectivity index (χ3v) is 16.9. The van der Waals surface area contributed by atoms with E-state index in [0.29, 0.717) is 19.4 Å². The molecule has 0 bridgehead atoms. The summed E-state index contributed by atoms with van der Waals surface area (Å²) in [5, 5.41) is 23.2. The number of aliphatic hydroxyl groups excluding tert-OH is 2. The van der Waals surface area contributed by atoms with Gasteiger partial charge in [-0.3, -0.25) is 9.59 Å². The lowest BCUT2D eigenvalue weighted by molar-refractivity contribution is -0.143. The lowest BCUT2D eigenvalue weighted by Gasteiger charge is -2.20. The summed E-state index contributed by atoms with van der Waals surface area (Å²) in [6.45, 7) is 4.90. The summed E-state index contributed by atoms with van der Waals surface area (Å²) in [7, 11) is 0. The number of aliphatic hydroxyl groups is 2. The molecular formula is C74H141NO5. The van der Waals surface area contributed by atoms with Crippen molar-refractivity contribution in [3.05, 3.63) is 36.5 Å². The van der Waals surface area contributed by atoms with E-state index in [-0.39, 0.29) is 18.5 Å². The number of carbonyl (C=O) groups is 2. The number of hydrogen-bond donors (Lipinski definition) is 3. The summed E-state index contributed by atoms with van der Waals surface area (Å²) in [5.74, 6) is -0.0536. The third kappa shape index (κ3) is 65.2. The van der Waals surface area contributed by atoms with E-state index < -0.39 is 12.1 Å². The van der Waals surface area contributed by atoms with Crippen LogP contribution in [0.4, 0.5) is 0 Å². The van der Waals surface area contributed by atoms with E-state index in [9.17, 15) is 19.8 Å². The predicted molar refractivity (Wildman–Crippen MR) is 352 cm³/mol. The molecule has 0 aromatic carbocycles. The highest BCUT2D eigenvalue weighted by atomic mass is 16.5. The molecule has 1 amide bonds. The molecule has 0 aliphatic rings. The molecule has 0 radical (unpaired) electrons. The summed E-state index contributed by atoms with van der Waals surface area (Å²) in [6, 6.07) is -0.624. The number of unbranched alkanes of at least 4 members (excludes halogenated alkanes) is 53. The van der Waals surface area contributed by atoms with Crippen LogP contribution in [0.25, 0.3) is 0 Å². The Morgan fingerprint density at radius 3 is 0.975 bits per heavy atom. The molecule has 0 saturated carbocycles. The van der Waals surface area contributed by atoms with E-state index in [2.05, 4.69) is 43.5 Å². The van der Waals surface area contributed by atoms with E-state index in [1.165, 1.54) is 321 Å². The Morgan fingerprint density at radius 2 is 0.625 bits per heavy atom. The highest BCUT2D eigenvalue weighted by molar-refractivity contribution is 5.76. The fourth-order valence-corrected chi connectivity index (χ4v) is 11.4. The first-order valence-electron chi connectivity index (χ1n) is 36.3. The van der Waals surface area contributed by atoms with E-state index in [1.54, 1.807) is 6.08 Å². The standard InChI is InChI=1S/C74H141NO5/c1-3-5-7-9-11-13-15-17-19-39-42-46-50-54-58-62-66-72(77)71(70-76)75-73(78)67-63-59-55-51-47-43-40-36-34-32-30-28-26-24-22-20-21-23-25-27-29-31-33-35-37-41-45-49-53-57-61-65-69-80-74(79)68-64-60-56-52-48-44-38-18-16-14-12-10-8-6-4-2/h12,14,18,38,62,66,71-72,76-77H,3-11,13,15-17,19-37,39-61,63-65,67-70H2,1-2H3,(H,75,78)/b14-12-,38-18-,66-62+. The third-order valence-electron chi connectivity index (χ3n) is 16.9. The zero-order chi connectivity index (χ0) is 57.8. The summed E-state index contributed by atoms with van der Waals surface area (Å²) in [6.07, 6.45) is 89.5. The van der Waals surface area contributed by atoms with Gasteiger partial charge in [-0.05, 0) is 64.2 Å². The number of ether oxygens (including phenoxy) is 1. The molecule has 6 heteroatoms. The summed E-state index contributed by atoms with van der Waals surface area (Å²) < 4.78 is 5.49. The number of hydrogen-bond acceptors (Lipinski definition) is 5. The van der Waals surface area contributed by atoms with E-state index in [1.807, 2.05) is 6.08 Å². The fraction of sp³-hybridized carbons (Fsp3) is 0.892. The number of allylic oxidation sites excluding steroid dienone is 5. The Labute approximate surface area is 500 Å². The van der Waals surface area contributed by atoms with Gasteiger partial charge in [0.1, 0.15) is 0 Å². The number of carbonyl (C=O) groups excluding carboxylic acids is 2. The number of rotatable bonds is 68. The van der Waals surface area contributed by atoms with Gasteiger partial charge < -0.3 is 20.3 Å². The van der Waals surface area contributed by atoms with Crippen molar-refractivity contribution in [1.82, 2.24) is 5.32 Å². The van der Waals surface area contributed by atoms with Crippen LogP contribution in [0, 0.1) is 0 Å². The van der Waals surface area contributed by atoms with Gasteiger partial charge in [0.2, 0.25) is 5.91 Å². The van der Waals surface area contributed by atoms with Gasteiger partial charge in [0.25, 0.3) is 0 Å². The smallest absolute Gasteiger partial charge is 0.305 e. The van der Waals surface area contributed by atoms with Crippen LogP contribution in [0.15, 0.2) is 36.5 Å². The van der Waals surface area contributed by atoms with Gasteiger partial charge in [-0.15, -0.1) is 0 Å². The Kier molecular flexibility index (Phi) is 67.9. The van der Waals surface area contributed by atoms with Crippen LogP contribution in [0.1, 0.15) is 399 Å². The van der Waals surface area contributed by atoms with Gasteiger partial charge in [-0.1, -0.05) is 359 Å². The molecule has 0 fully saturated rings. The van der Waals surface area contributed by atoms with Crippen LogP contribution in [-0.4, -0.2) is 47.4 Å². The molecule has 0 aliphatic heterocycles. The summed E-state index contributed by atoms with van der Waals surface area (Å²) in [5.41, 5.74) is 0. The molecule has 0 rings (SSSR count). The zero-order valence-corrected chi connectivity index (χ0v) is 54.1. The first-order valence-corrected chi connectivity index (χ1v) is 36.3. The summed E-state index contributed by atoms with van der Waals surface area (Å²) >= 11 is 0. The van der Waals surface area contributed by atoms with Crippen LogP contribution in [0.5, 0.6) is 0 Å². The van der Waals surface area contributed by atoms with Crippen molar-refractivity contribution >= 4 is 11.9 Å². The Balaban J connectivity index is 3.34. The minimum atomic E-state index is -0.841. The average molecular weight is 1120 g/mol. The molecule has 80 heavy (non-hydrogen) atoms. The second-order valence-corrected chi connectivity index (χ2v) is 24.9. The quantitative estimate of drug-likeness (QED) is 0.0320. The monoisotopic (exact) mass is 1120 g/mol. The lowest BCUT2D eigenvalue weighted by Crippen LogP contribution is -2.45. The topological polar surface area (TPSA) is 95.9 Å². The van der Waals surface area contributed by atoms with Crippen LogP contribution in [0.3, 0.4) is 0 Å². The normalized spacial score (nSPS) is 12.7. The molecule has 0 aromatic heterocycles. The Bertz CT molecular complexity index is 1300. The summed E-state index contributed by atoms with van der Waals surface area (Å²) in [4.78, 5) is 24.6. The highest BCUT2D eigenvalue weighted by Crippen LogP contribution is 2.19. The highest BCUT2D eigenvalue weighted by Gasteiger charge is 2.18. The van der Waals surface area contributed by atoms with Gasteiger partial charge in [0.15, 0.2) is 0 Å². The van der Waals surface area contributed by atoms with E-state index >= 15 is 0 Å². The molecule has 2 atom stereocenters. The minimum absolute atomic E-state index is 0.00723. The van der Waals surface area contributed by atoms with Gasteiger partial charge in [-0.2, -0.15) is 0 Å². The molecule has 472 valence electrons. The maximum atomic E-state index is 12.5. The Hall–Kier alpha value is -1.92. The maximum Gasteiger partial charge on any atom is 0.305 e. The molecule has 0 heterocycles. The van der Waals surface area contributed by atoms with Crippen molar-refractivity contribution in [1.29, 1.82) is 0 Å². The molecule has 0 saturated heterocycles. The van der Waals surface area contributed by atoms with Crippen LogP contribution >= 0.6 is 0 Å². The minimum Gasteiger partial charge on any atom is -0.466 e. The Morgan fingerprint density at radius 1 is 0.350 bits per heavy atom. The number of amides is 1. The van der Waals surface area contributed by atoms with Crippen LogP contribution in [-0.2, 0) is 14.3 Å². The molecule has 0 aliphatic carbocycles. The molecule has 6 nitrogen and oxygen atoms in total. The van der Waals surface area contributed by atoms with Crippen molar-refractivity contribution in [2.45, 2.75) is 411 Å². The molecular weight excluding hydrogens is 983 g/mol. The molecule has 0 spiro atoms. The average Bonchev–Trinajstić information content (AvgIpc) is 3.46. The maximum absolute atomic E-state index is 12.5. The van der Waals surface area contributed by atoms with Crippen molar-refractivity contribution in [2.24, 2.45) is 0 Å². The van der Waals surface area contributed by atoms with Gasteiger partial charge >= 0.3 is 5.97 Å². The van der Waals surface area contributed by atoms with Crippen molar-refractivity contribution in [3.8, 4) is 0 Å². The number of nitrogens with one attached hydrogen (secondary N) is 1. The second kappa shape index (κ2) is 69.6. The van der Waals surface area contributed by atoms with Crippen LogP contribution < -0.4 is 5.32 Å².